The Kier molecular flexibility index (Phi) is 3.38. The monoisotopic (exact) mass is 131 g/mol. The lowest BCUT2D eigenvalue weighted by molar-refractivity contribution is -0.140. The molecule has 0 aliphatic rings. The Bertz CT molecular complexity index is 123. The summed E-state index contributed by atoms with van der Waals surface area (Å²) < 4.78 is 0. The first-order valence-electron chi connectivity index (χ1n) is 2.30. The summed E-state index contributed by atoms with van der Waals surface area (Å²) in [6.45, 7) is -0.272. The highest BCUT2D eigenvalue weighted by Crippen LogP contribution is 1.76. The highest BCUT2D eigenvalue weighted by atomic mass is 16.4. The van der Waals surface area contributed by atoms with Gasteiger partial charge in [0.05, 0.1) is 6.67 Å². The van der Waals surface area contributed by atoms with Crippen LogP contribution < -0.4 is 11.1 Å². The van der Waals surface area contributed by atoms with Crippen LogP contribution in [0.4, 0.5) is 0 Å². The van der Waals surface area contributed by atoms with Crippen molar-refractivity contribution in [1.29, 1.82) is 0 Å². The predicted octanol–water partition coefficient (Wildman–Crippen LogP) is -1.18. The molecule has 5 heteroatoms. The van der Waals surface area contributed by atoms with E-state index >= 15 is 0 Å². The average molecular weight is 131 g/mol. The molecule has 0 aliphatic carbocycles. The molecule has 0 rings (SSSR count). The van der Waals surface area contributed by atoms with Gasteiger partial charge in [-0.15, -0.1) is 0 Å². The first-order valence-corrected chi connectivity index (χ1v) is 2.30. The molecule has 0 aromatic rings. The first kappa shape index (κ1) is 7.90. The van der Waals surface area contributed by atoms with Crippen LogP contribution in [0.1, 0.15) is 6.42 Å². The molecule has 0 heterocycles. The molecule has 0 aromatic heterocycles. The van der Waals surface area contributed by atoms with Gasteiger partial charge < -0.3 is 10.4 Å². The van der Waals surface area contributed by atoms with E-state index in [9.17, 15) is 9.59 Å². The standard InChI is InChI=1S/C4H7N2O3/c5-2-6-3(7)1-4(8)9/h5H,1-2H2,(H,6,7)(H,8,9). The SMILES string of the molecule is [NH]CNC(=O)CC(=O)O. The van der Waals surface area contributed by atoms with Crippen molar-refractivity contribution in [1.82, 2.24) is 11.1 Å². The maximum Gasteiger partial charge on any atom is 0.312 e. The second kappa shape index (κ2) is 3.85. The van der Waals surface area contributed by atoms with Gasteiger partial charge in [-0.25, -0.2) is 5.73 Å². The van der Waals surface area contributed by atoms with Crippen molar-refractivity contribution in [2.45, 2.75) is 6.42 Å². The van der Waals surface area contributed by atoms with Gasteiger partial charge >= 0.3 is 5.97 Å². The zero-order valence-electron chi connectivity index (χ0n) is 4.68. The molecule has 5 nitrogen and oxygen atoms in total. The van der Waals surface area contributed by atoms with Gasteiger partial charge in [0.25, 0.3) is 0 Å². The summed E-state index contributed by atoms with van der Waals surface area (Å²) in [5.41, 5.74) is 6.45. The molecular weight excluding hydrogens is 124 g/mol. The van der Waals surface area contributed by atoms with E-state index in [2.05, 4.69) is 0 Å². The maximum absolute atomic E-state index is 10.2. The number of nitrogens with one attached hydrogen (secondary N) is 2. The minimum atomic E-state index is -1.18. The zero-order valence-corrected chi connectivity index (χ0v) is 4.68. The molecule has 0 saturated carbocycles. The molecule has 9 heavy (non-hydrogen) atoms. The average Bonchev–Trinajstić information content (AvgIpc) is 1.63. The van der Waals surface area contributed by atoms with Gasteiger partial charge in [-0.3, -0.25) is 9.59 Å². The van der Waals surface area contributed by atoms with Crippen molar-refractivity contribution in [3.8, 4) is 0 Å². The molecule has 3 N–H and O–H groups in total. The Morgan fingerprint density at radius 3 is 2.44 bits per heavy atom. The van der Waals surface area contributed by atoms with Gasteiger partial charge in [0, 0.05) is 0 Å². The van der Waals surface area contributed by atoms with Crippen LogP contribution in [0.5, 0.6) is 0 Å². The van der Waals surface area contributed by atoms with Gasteiger partial charge in [0.2, 0.25) is 5.91 Å². The van der Waals surface area contributed by atoms with Gasteiger partial charge in [-0.2, -0.15) is 0 Å². The summed E-state index contributed by atoms with van der Waals surface area (Å²) >= 11 is 0. The fourth-order valence-electron chi connectivity index (χ4n) is 0.298. The van der Waals surface area contributed by atoms with E-state index in [1.54, 1.807) is 0 Å². The number of amides is 1. The summed E-state index contributed by atoms with van der Waals surface area (Å²) in [5.74, 6) is -1.81. The van der Waals surface area contributed by atoms with Crippen molar-refractivity contribution < 1.29 is 14.7 Å². The Labute approximate surface area is 51.8 Å². The second-order valence-electron chi connectivity index (χ2n) is 1.35. The lowest BCUT2D eigenvalue weighted by atomic mass is 10.4. The Morgan fingerprint density at radius 2 is 2.11 bits per heavy atom. The smallest absolute Gasteiger partial charge is 0.312 e. The van der Waals surface area contributed by atoms with Gasteiger partial charge in [0.15, 0.2) is 0 Å². The second-order valence-corrected chi connectivity index (χ2v) is 1.35. The number of carbonyl (C=O) groups is 2. The molecule has 0 spiro atoms. The number of aliphatic carboxylic acids is 1. The normalized spacial score (nSPS) is 8.56. The van der Waals surface area contributed by atoms with Crippen LogP contribution in [0.15, 0.2) is 0 Å². The van der Waals surface area contributed by atoms with Gasteiger partial charge in [-0.05, 0) is 0 Å². The van der Waals surface area contributed by atoms with Crippen LogP contribution in [0, 0.1) is 0 Å². The molecular formula is C4H7N2O3. The summed E-state index contributed by atoms with van der Waals surface area (Å²) in [5, 5.41) is 10.0. The molecule has 0 bridgehead atoms. The number of rotatable bonds is 3. The Morgan fingerprint density at radius 1 is 1.56 bits per heavy atom. The van der Waals surface area contributed by atoms with E-state index in [1.165, 1.54) is 0 Å². The predicted molar refractivity (Wildman–Crippen MR) is 28.4 cm³/mol. The molecule has 1 radical (unpaired) electrons. The number of carboxylic acid groups (broad SMARTS) is 1. The Balaban J connectivity index is 3.39. The Hall–Kier alpha value is -1.10. The van der Waals surface area contributed by atoms with Crippen LogP contribution in [0.3, 0.4) is 0 Å². The summed E-state index contributed by atoms with van der Waals surface area (Å²) in [6, 6.07) is 0. The first-order chi connectivity index (χ1) is 4.16. The molecule has 0 aliphatic heterocycles. The van der Waals surface area contributed by atoms with Crippen molar-refractivity contribution in [2.24, 2.45) is 0 Å². The van der Waals surface area contributed by atoms with E-state index in [-0.39, 0.29) is 6.67 Å². The summed E-state index contributed by atoms with van der Waals surface area (Å²) in [7, 11) is 0. The largest absolute Gasteiger partial charge is 0.481 e. The molecule has 0 atom stereocenters. The van der Waals surface area contributed by atoms with E-state index in [4.69, 9.17) is 10.8 Å². The third kappa shape index (κ3) is 4.76. The molecule has 0 aromatic carbocycles. The zero-order chi connectivity index (χ0) is 7.28. The summed E-state index contributed by atoms with van der Waals surface area (Å²) in [4.78, 5) is 20.0. The van der Waals surface area contributed by atoms with Crippen LogP contribution in [0.2, 0.25) is 0 Å². The van der Waals surface area contributed by atoms with Crippen LogP contribution in [0.25, 0.3) is 0 Å². The third-order valence-corrected chi connectivity index (χ3v) is 0.597. The molecule has 0 unspecified atom stereocenters. The third-order valence-electron chi connectivity index (χ3n) is 0.597. The number of carboxylic acids is 1. The number of hydrogen-bond donors (Lipinski definition) is 2. The van der Waals surface area contributed by atoms with E-state index < -0.39 is 18.3 Å². The minimum absolute atomic E-state index is 0.272. The quantitative estimate of drug-likeness (QED) is 0.472. The maximum atomic E-state index is 10.2. The van der Waals surface area contributed by atoms with E-state index in [1.807, 2.05) is 5.32 Å². The van der Waals surface area contributed by atoms with Crippen molar-refractivity contribution in [2.75, 3.05) is 6.67 Å². The molecule has 1 amide bonds. The number of carbonyl (C=O) groups excluding carboxylic acids is 1. The fourth-order valence-corrected chi connectivity index (χ4v) is 0.298. The lowest BCUT2D eigenvalue weighted by Crippen LogP contribution is -2.26. The van der Waals surface area contributed by atoms with E-state index in [0.29, 0.717) is 0 Å². The molecule has 0 fully saturated rings. The van der Waals surface area contributed by atoms with E-state index in [0.717, 1.165) is 0 Å². The van der Waals surface area contributed by atoms with Gasteiger partial charge in [-0.1, -0.05) is 0 Å². The number of hydrogen-bond acceptors (Lipinski definition) is 2. The highest BCUT2D eigenvalue weighted by molar-refractivity contribution is 5.93. The van der Waals surface area contributed by atoms with Crippen LogP contribution in [-0.2, 0) is 9.59 Å². The van der Waals surface area contributed by atoms with Crippen molar-refractivity contribution >= 4 is 11.9 Å². The molecule has 51 valence electrons. The fraction of sp³-hybridized carbons (Fsp3) is 0.500. The highest BCUT2D eigenvalue weighted by Gasteiger charge is 2.04. The summed E-state index contributed by atoms with van der Waals surface area (Å²) in [6.07, 6.45) is -0.557. The van der Waals surface area contributed by atoms with Crippen LogP contribution in [-0.4, -0.2) is 23.7 Å². The molecule has 0 saturated heterocycles. The van der Waals surface area contributed by atoms with Crippen molar-refractivity contribution in [3.63, 3.8) is 0 Å². The van der Waals surface area contributed by atoms with Gasteiger partial charge in [0.1, 0.15) is 6.42 Å². The minimum Gasteiger partial charge on any atom is -0.481 e. The topological polar surface area (TPSA) is 90.2 Å². The van der Waals surface area contributed by atoms with Crippen LogP contribution >= 0.6 is 0 Å². The lowest BCUT2D eigenvalue weighted by Gasteiger charge is -1.94. The van der Waals surface area contributed by atoms with Crippen molar-refractivity contribution in [3.05, 3.63) is 0 Å².